The van der Waals surface area contributed by atoms with Crippen LogP contribution >= 0.6 is 0 Å². The second-order valence-corrected chi connectivity index (χ2v) is 5.80. The Bertz CT molecular complexity index is 682. The van der Waals surface area contributed by atoms with Crippen LogP contribution in [-0.4, -0.2) is 43.9 Å². The summed E-state index contributed by atoms with van der Waals surface area (Å²) in [6, 6.07) is 14.5. The maximum absolute atomic E-state index is 12.0. The van der Waals surface area contributed by atoms with Crippen LogP contribution in [0.3, 0.4) is 0 Å². The fraction of sp³-hybridized carbons (Fsp3) is 0.0714. The molecule has 0 bridgehead atoms. The standard InChI is InChI=1S/C14H13NO3S.Na/c1-11-7-9-12(10-8-11)14(16)15-19(17,18)13-5-3-2-4-6-13;/h2-10H,1H3,(H,15,16);. The predicted molar refractivity (Wildman–Crippen MR) is 78.0 cm³/mol. The van der Waals surface area contributed by atoms with Crippen molar-refractivity contribution in [2.75, 3.05) is 0 Å². The van der Waals surface area contributed by atoms with E-state index in [9.17, 15) is 13.2 Å². The van der Waals surface area contributed by atoms with Gasteiger partial charge in [0.15, 0.2) is 0 Å². The summed E-state index contributed by atoms with van der Waals surface area (Å²) < 4.78 is 25.9. The van der Waals surface area contributed by atoms with E-state index in [1.54, 1.807) is 42.5 Å². The molecule has 0 atom stereocenters. The van der Waals surface area contributed by atoms with Crippen LogP contribution < -0.4 is 4.72 Å². The van der Waals surface area contributed by atoms with Gasteiger partial charge in [0, 0.05) is 35.1 Å². The Morgan fingerprint density at radius 3 is 2.05 bits per heavy atom. The van der Waals surface area contributed by atoms with E-state index in [4.69, 9.17) is 0 Å². The number of sulfonamides is 1. The maximum atomic E-state index is 12.0. The van der Waals surface area contributed by atoms with E-state index >= 15 is 0 Å². The number of amides is 1. The maximum Gasteiger partial charge on any atom is 0.264 e. The smallest absolute Gasteiger partial charge is 0.264 e. The zero-order valence-corrected chi connectivity index (χ0v) is 14.1. The second-order valence-electron chi connectivity index (χ2n) is 4.11. The van der Waals surface area contributed by atoms with Crippen molar-refractivity contribution in [3.05, 3.63) is 65.7 Å². The van der Waals surface area contributed by atoms with E-state index < -0.39 is 15.9 Å². The van der Waals surface area contributed by atoms with Crippen LogP contribution in [-0.2, 0) is 10.0 Å². The molecule has 0 aliphatic carbocycles. The summed E-state index contributed by atoms with van der Waals surface area (Å²) in [4.78, 5) is 11.9. The molecule has 6 heteroatoms. The minimum atomic E-state index is -3.82. The average molecular weight is 298 g/mol. The van der Waals surface area contributed by atoms with Crippen LogP contribution in [0.1, 0.15) is 15.9 Å². The third-order valence-electron chi connectivity index (χ3n) is 2.59. The number of benzene rings is 2. The Kier molecular flexibility index (Phi) is 5.95. The molecule has 0 saturated carbocycles. The molecule has 0 aliphatic rings. The molecule has 0 spiro atoms. The van der Waals surface area contributed by atoms with Gasteiger partial charge in [0.05, 0.1) is 4.90 Å². The fourth-order valence-electron chi connectivity index (χ4n) is 1.54. The van der Waals surface area contributed by atoms with Crippen molar-refractivity contribution in [2.45, 2.75) is 11.8 Å². The SMILES string of the molecule is Cc1ccc(C(=O)NS(=O)(=O)c2ccccc2)cc1.[Na]. The van der Waals surface area contributed by atoms with E-state index in [-0.39, 0.29) is 34.5 Å². The molecule has 4 nitrogen and oxygen atoms in total. The zero-order chi connectivity index (χ0) is 13.9. The van der Waals surface area contributed by atoms with Gasteiger partial charge >= 0.3 is 0 Å². The van der Waals surface area contributed by atoms with Gasteiger partial charge in [0.25, 0.3) is 15.9 Å². The fourth-order valence-corrected chi connectivity index (χ4v) is 2.54. The Morgan fingerprint density at radius 2 is 1.50 bits per heavy atom. The van der Waals surface area contributed by atoms with E-state index in [2.05, 4.69) is 0 Å². The summed E-state index contributed by atoms with van der Waals surface area (Å²) >= 11 is 0. The Balaban J connectivity index is 0.00000200. The van der Waals surface area contributed by atoms with E-state index in [1.807, 2.05) is 11.6 Å². The third kappa shape index (κ3) is 4.18. The molecule has 2 aromatic carbocycles. The monoisotopic (exact) mass is 298 g/mol. The van der Waals surface area contributed by atoms with Crippen LogP contribution in [0.15, 0.2) is 59.5 Å². The number of rotatable bonds is 3. The van der Waals surface area contributed by atoms with Crippen LogP contribution in [0.25, 0.3) is 0 Å². The quantitative estimate of drug-likeness (QED) is 0.878. The zero-order valence-electron chi connectivity index (χ0n) is 11.3. The van der Waals surface area contributed by atoms with Gasteiger partial charge in [-0.05, 0) is 31.2 Å². The van der Waals surface area contributed by atoms with Crippen molar-refractivity contribution >= 4 is 45.5 Å². The van der Waals surface area contributed by atoms with Crippen molar-refractivity contribution in [1.82, 2.24) is 4.72 Å². The number of aryl methyl sites for hydroxylation is 1. The predicted octanol–water partition coefficient (Wildman–Crippen LogP) is 1.73. The molecule has 1 amide bonds. The number of carbonyl (C=O) groups is 1. The molecule has 1 N–H and O–H groups in total. The van der Waals surface area contributed by atoms with Crippen LogP contribution in [0.5, 0.6) is 0 Å². The van der Waals surface area contributed by atoms with Gasteiger partial charge in [-0.2, -0.15) is 0 Å². The Hall–Kier alpha value is -1.14. The van der Waals surface area contributed by atoms with Gasteiger partial charge < -0.3 is 0 Å². The van der Waals surface area contributed by atoms with Crippen molar-refractivity contribution in [3.8, 4) is 0 Å². The molecule has 99 valence electrons. The molecule has 0 unspecified atom stereocenters. The van der Waals surface area contributed by atoms with Gasteiger partial charge in [-0.15, -0.1) is 0 Å². The van der Waals surface area contributed by atoms with Crippen molar-refractivity contribution in [3.63, 3.8) is 0 Å². The largest absolute Gasteiger partial charge is 0.268 e. The molecular formula is C14H13NNaO3S. The molecule has 0 fully saturated rings. The first kappa shape index (κ1) is 16.9. The molecule has 2 rings (SSSR count). The van der Waals surface area contributed by atoms with Crippen LogP contribution in [0.2, 0.25) is 0 Å². The molecule has 0 aliphatic heterocycles. The summed E-state index contributed by atoms with van der Waals surface area (Å²) in [6.07, 6.45) is 0. The summed E-state index contributed by atoms with van der Waals surface area (Å²) in [6.45, 7) is 1.89. The van der Waals surface area contributed by atoms with Gasteiger partial charge in [-0.3, -0.25) is 4.79 Å². The van der Waals surface area contributed by atoms with Crippen LogP contribution in [0.4, 0.5) is 0 Å². The number of hydrogen-bond acceptors (Lipinski definition) is 3. The van der Waals surface area contributed by atoms with Gasteiger partial charge in [-0.1, -0.05) is 35.9 Å². The molecule has 0 heterocycles. The molecular weight excluding hydrogens is 285 g/mol. The number of carbonyl (C=O) groups excluding carboxylic acids is 1. The van der Waals surface area contributed by atoms with Crippen molar-refractivity contribution in [2.24, 2.45) is 0 Å². The van der Waals surface area contributed by atoms with E-state index in [1.165, 1.54) is 12.1 Å². The molecule has 1 radical (unpaired) electrons. The Labute approximate surface area is 140 Å². The summed E-state index contributed by atoms with van der Waals surface area (Å²) in [7, 11) is -3.82. The first-order valence-electron chi connectivity index (χ1n) is 5.68. The summed E-state index contributed by atoms with van der Waals surface area (Å²) in [5, 5.41) is 0. The number of nitrogens with one attached hydrogen (secondary N) is 1. The molecule has 0 saturated heterocycles. The minimum absolute atomic E-state index is 0. The van der Waals surface area contributed by atoms with Crippen LogP contribution in [0, 0.1) is 6.92 Å². The van der Waals surface area contributed by atoms with Gasteiger partial charge in [0.1, 0.15) is 0 Å². The Morgan fingerprint density at radius 1 is 0.950 bits per heavy atom. The topological polar surface area (TPSA) is 63.2 Å². The molecule has 2 aromatic rings. The van der Waals surface area contributed by atoms with Crippen molar-refractivity contribution < 1.29 is 13.2 Å². The van der Waals surface area contributed by atoms with E-state index in [0.29, 0.717) is 5.56 Å². The van der Waals surface area contributed by atoms with Gasteiger partial charge in [0.2, 0.25) is 0 Å². The van der Waals surface area contributed by atoms with Gasteiger partial charge in [-0.25, -0.2) is 13.1 Å². The second kappa shape index (κ2) is 7.04. The average Bonchev–Trinajstić information content (AvgIpc) is 2.40. The first-order valence-corrected chi connectivity index (χ1v) is 7.16. The normalized spacial score (nSPS) is 10.4. The summed E-state index contributed by atoms with van der Waals surface area (Å²) in [5.74, 6) is -0.635. The number of hydrogen-bond donors (Lipinski definition) is 1. The van der Waals surface area contributed by atoms with E-state index in [0.717, 1.165) is 5.56 Å². The minimum Gasteiger partial charge on any atom is -0.268 e. The summed E-state index contributed by atoms with van der Waals surface area (Å²) in [5.41, 5.74) is 1.31. The first-order chi connectivity index (χ1) is 8.99. The molecule has 0 aromatic heterocycles. The third-order valence-corrected chi connectivity index (χ3v) is 3.94. The molecule has 20 heavy (non-hydrogen) atoms. The van der Waals surface area contributed by atoms with Crippen molar-refractivity contribution in [1.29, 1.82) is 0 Å².